The molecule has 0 unspecified atom stereocenters. The molecule has 8 heteroatoms. The molecule has 0 saturated heterocycles. The first-order valence-electron chi connectivity index (χ1n) is 6.50. The maximum absolute atomic E-state index is 13.5. The molecule has 22 heavy (non-hydrogen) atoms. The van der Waals surface area contributed by atoms with Gasteiger partial charge in [0.05, 0.1) is 5.56 Å². The van der Waals surface area contributed by atoms with E-state index in [1.165, 1.54) is 6.07 Å². The molecule has 0 radical (unpaired) electrons. The molecule has 0 bridgehead atoms. The van der Waals surface area contributed by atoms with Crippen molar-refractivity contribution in [1.82, 2.24) is 10.6 Å². The molecular formula is C14H17BrF2N2O3. The van der Waals surface area contributed by atoms with Crippen LogP contribution in [-0.4, -0.2) is 30.7 Å². The van der Waals surface area contributed by atoms with E-state index in [0.29, 0.717) is 0 Å². The van der Waals surface area contributed by atoms with Gasteiger partial charge in [0.25, 0.3) is 5.91 Å². The number of nitrogens with one attached hydrogen (secondary N) is 2. The lowest BCUT2D eigenvalue weighted by molar-refractivity contribution is 0.0526. The highest BCUT2D eigenvalue weighted by Crippen LogP contribution is 2.19. The van der Waals surface area contributed by atoms with E-state index in [2.05, 4.69) is 26.6 Å². The molecule has 0 aliphatic rings. The zero-order chi connectivity index (χ0) is 16.9. The first-order chi connectivity index (χ1) is 10.1. The molecule has 5 nitrogen and oxygen atoms in total. The number of ether oxygens (including phenoxy) is 1. The lowest BCUT2D eigenvalue weighted by Crippen LogP contribution is -2.38. The molecule has 0 saturated carbocycles. The lowest BCUT2D eigenvalue weighted by Gasteiger charge is -2.19. The standard InChI is InChI=1S/C14H17BrF2N2O3/c1-14(2,3)22-13(21)19-5-4-18-12(20)9-6-8(15)7-10(16)11(9)17/h6-7H,4-5H2,1-3H3,(H,18,20)(H,19,21). The van der Waals surface area contributed by atoms with E-state index < -0.39 is 34.8 Å². The molecule has 2 amide bonds. The summed E-state index contributed by atoms with van der Waals surface area (Å²) < 4.78 is 32.0. The smallest absolute Gasteiger partial charge is 0.407 e. The second kappa shape index (κ2) is 7.53. The monoisotopic (exact) mass is 378 g/mol. The third-order valence-electron chi connectivity index (χ3n) is 2.32. The van der Waals surface area contributed by atoms with E-state index >= 15 is 0 Å². The van der Waals surface area contributed by atoms with E-state index in [4.69, 9.17) is 4.74 Å². The summed E-state index contributed by atoms with van der Waals surface area (Å²) in [5.41, 5.74) is -1.03. The number of hydrogen-bond donors (Lipinski definition) is 2. The minimum absolute atomic E-state index is 0.0473. The highest BCUT2D eigenvalue weighted by Gasteiger charge is 2.17. The van der Waals surface area contributed by atoms with Crippen molar-refractivity contribution in [3.05, 3.63) is 33.8 Å². The Kier molecular flexibility index (Phi) is 6.28. The van der Waals surface area contributed by atoms with Crippen LogP contribution in [0.4, 0.5) is 13.6 Å². The third-order valence-corrected chi connectivity index (χ3v) is 2.77. The molecule has 0 atom stereocenters. The van der Waals surface area contributed by atoms with Crippen molar-refractivity contribution in [2.24, 2.45) is 0 Å². The summed E-state index contributed by atoms with van der Waals surface area (Å²) >= 11 is 2.98. The molecule has 1 rings (SSSR count). The summed E-state index contributed by atoms with van der Waals surface area (Å²) in [5, 5.41) is 4.81. The molecule has 0 aliphatic carbocycles. The van der Waals surface area contributed by atoms with Crippen molar-refractivity contribution < 1.29 is 23.1 Å². The average molecular weight is 379 g/mol. The summed E-state index contributed by atoms with van der Waals surface area (Å²) in [6, 6.07) is 2.10. The number of hydrogen-bond acceptors (Lipinski definition) is 3. The summed E-state index contributed by atoms with van der Waals surface area (Å²) in [5.74, 6) is -3.11. The van der Waals surface area contributed by atoms with Gasteiger partial charge in [-0.15, -0.1) is 0 Å². The van der Waals surface area contributed by atoms with Crippen LogP contribution in [0.3, 0.4) is 0 Å². The average Bonchev–Trinajstić information content (AvgIpc) is 2.36. The van der Waals surface area contributed by atoms with Crippen LogP contribution in [0.15, 0.2) is 16.6 Å². The largest absolute Gasteiger partial charge is 0.444 e. The highest BCUT2D eigenvalue weighted by molar-refractivity contribution is 9.10. The summed E-state index contributed by atoms with van der Waals surface area (Å²) in [6.07, 6.45) is -0.624. The Morgan fingerprint density at radius 1 is 1.18 bits per heavy atom. The van der Waals surface area contributed by atoms with E-state index in [-0.39, 0.29) is 17.6 Å². The predicted molar refractivity (Wildman–Crippen MR) is 80.6 cm³/mol. The molecule has 0 aliphatic heterocycles. The van der Waals surface area contributed by atoms with Crippen molar-refractivity contribution in [2.45, 2.75) is 26.4 Å². The van der Waals surface area contributed by atoms with Gasteiger partial charge in [0, 0.05) is 17.6 Å². The van der Waals surface area contributed by atoms with E-state index in [9.17, 15) is 18.4 Å². The fourth-order valence-corrected chi connectivity index (χ4v) is 1.90. The SMILES string of the molecule is CC(C)(C)OC(=O)NCCNC(=O)c1cc(Br)cc(F)c1F. The molecule has 0 heterocycles. The molecule has 1 aromatic rings. The van der Waals surface area contributed by atoms with Crippen LogP contribution in [0.2, 0.25) is 0 Å². The van der Waals surface area contributed by atoms with Gasteiger partial charge in [-0.25, -0.2) is 13.6 Å². The lowest BCUT2D eigenvalue weighted by atomic mass is 10.2. The summed E-state index contributed by atoms with van der Waals surface area (Å²) in [4.78, 5) is 23.1. The number of halogens is 3. The van der Waals surface area contributed by atoms with Crippen LogP contribution in [0.1, 0.15) is 31.1 Å². The van der Waals surface area contributed by atoms with Crippen molar-refractivity contribution in [3.63, 3.8) is 0 Å². The van der Waals surface area contributed by atoms with Crippen LogP contribution in [0, 0.1) is 11.6 Å². The van der Waals surface area contributed by atoms with Crippen molar-refractivity contribution >= 4 is 27.9 Å². The van der Waals surface area contributed by atoms with Crippen molar-refractivity contribution in [2.75, 3.05) is 13.1 Å². The van der Waals surface area contributed by atoms with Crippen LogP contribution < -0.4 is 10.6 Å². The highest BCUT2D eigenvalue weighted by atomic mass is 79.9. The number of carbonyl (C=O) groups excluding carboxylic acids is 2. The maximum atomic E-state index is 13.5. The predicted octanol–water partition coefficient (Wildman–Crippen LogP) is 2.98. The summed E-state index contributed by atoms with van der Waals surface area (Å²) in [6.45, 7) is 5.31. The molecule has 1 aromatic carbocycles. The summed E-state index contributed by atoms with van der Waals surface area (Å²) in [7, 11) is 0. The molecule has 0 fully saturated rings. The molecule has 2 N–H and O–H groups in total. The fourth-order valence-electron chi connectivity index (χ4n) is 1.47. The van der Waals surface area contributed by atoms with Gasteiger partial charge in [0.2, 0.25) is 0 Å². The topological polar surface area (TPSA) is 67.4 Å². The molecule has 122 valence electrons. The Morgan fingerprint density at radius 2 is 1.77 bits per heavy atom. The Hall–Kier alpha value is -1.70. The Bertz CT molecular complexity index is 574. The first kappa shape index (κ1) is 18.3. The van der Waals surface area contributed by atoms with Crippen LogP contribution in [-0.2, 0) is 4.74 Å². The van der Waals surface area contributed by atoms with Crippen molar-refractivity contribution in [1.29, 1.82) is 0 Å². The van der Waals surface area contributed by atoms with Gasteiger partial charge in [-0.2, -0.15) is 0 Å². The second-order valence-corrected chi connectivity index (χ2v) is 6.35. The maximum Gasteiger partial charge on any atom is 0.407 e. The van der Waals surface area contributed by atoms with Gasteiger partial charge in [-0.1, -0.05) is 15.9 Å². The van der Waals surface area contributed by atoms with Crippen LogP contribution in [0.25, 0.3) is 0 Å². The minimum Gasteiger partial charge on any atom is -0.444 e. The van der Waals surface area contributed by atoms with E-state index in [0.717, 1.165) is 6.07 Å². The first-order valence-corrected chi connectivity index (χ1v) is 7.29. The Morgan fingerprint density at radius 3 is 2.36 bits per heavy atom. The van der Waals surface area contributed by atoms with E-state index in [1.54, 1.807) is 20.8 Å². The zero-order valence-corrected chi connectivity index (χ0v) is 14.0. The second-order valence-electron chi connectivity index (χ2n) is 5.43. The number of amides is 2. The minimum atomic E-state index is -1.22. The Balaban J connectivity index is 2.46. The molecule has 0 spiro atoms. The zero-order valence-electron chi connectivity index (χ0n) is 12.4. The molecule has 0 aromatic heterocycles. The fraction of sp³-hybridized carbons (Fsp3) is 0.429. The van der Waals surface area contributed by atoms with Gasteiger partial charge in [-0.05, 0) is 32.9 Å². The number of rotatable bonds is 4. The van der Waals surface area contributed by atoms with Gasteiger partial charge < -0.3 is 15.4 Å². The number of benzene rings is 1. The van der Waals surface area contributed by atoms with Gasteiger partial charge in [0.1, 0.15) is 5.60 Å². The molecular weight excluding hydrogens is 362 g/mol. The Labute approximate surface area is 135 Å². The van der Waals surface area contributed by atoms with Crippen LogP contribution >= 0.6 is 15.9 Å². The number of carbonyl (C=O) groups is 2. The number of alkyl carbamates (subject to hydrolysis) is 1. The normalized spacial score (nSPS) is 11.0. The quantitative estimate of drug-likeness (QED) is 0.625. The van der Waals surface area contributed by atoms with Gasteiger partial charge in [-0.3, -0.25) is 4.79 Å². The van der Waals surface area contributed by atoms with Crippen LogP contribution in [0.5, 0.6) is 0 Å². The third kappa shape index (κ3) is 5.97. The van der Waals surface area contributed by atoms with Gasteiger partial charge >= 0.3 is 6.09 Å². The van der Waals surface area contributed by atoms with E-state index in [1.807, 2.05) is 0 Å². The van der Waals surface area contributed by atoms with Gasteiger partial charge in [0.15, 0.2) is 11.6 Å². The van der Waals surface area contributed by atoms with Crippen molar-refractivity contribution in [3.8, 4) is 0 Å².